The fourth-order valence-corrected chi connectivity index (χ4v) is 4.98. The highest BCUT2D eigenvalue weighted by atomic mass is 32.2. The Bertz CT molecular complexity index is 745. The Hall–Kier alpha value is -1.44. The number of hydrogen-bond donors (Lipinski definition) is 3. The van der Waals surface area contributed by atoms with Gasteiger partial charge in [0.25, 0.3) is 10.1 Å². The summed E-state index contributed by atoms with van der Waals surface area (Å²) in [6, 6.07) is -1.07. The van der Waals surface area contributed by atoms with E-state index in [-0.39, 0.29) is 12.3 Å². The second-order valence-electron chi connectivity index (χ2n) is 10.4. The van der Waals surface area contributed by atoms with E-state index in [1.807, 2.05) is 0 Å². The van der Waals surface area contributed by atoms with Crippen LogP contribution in [0.2, 0.25) is 0 Å². The summed E-state index contributed by atoms with van der Waals surface area (Å²) >= 11 is 0. The lowest BCUT2D eigenvalue weighted by atomic mass is 10.1. The first-order valence-electron chi connectivity index (χ1n) is 15.2. The number of amides is 1. The zero-order chi connectivity index (χ0) is 28.3. The van der Waals surface area contributed by atoms with Crippen LogP contribution < -0.4 is 5.32 Å². The molecule has 3 N–H and O–H groups in total. The Balaban J connectivity index is 4.21. The van der Waals surface area contributed by atoms with Crippen molar-refractivity contribution in [3.05, 3.63) is 36.5 Å². The number of rotatable bonds is 26. The van der Waals surface area contributed by atoms with Crippen LogP contribution in [0.25, 0.3) is 0 Å². The van der Waals surface area contributed by atoms with Crippen molar-refractivity contribution >= 4 is 16.0 Å². The summed E-state index contributed by atoms with van der Waals surface area (Å²) in [7, 11) is -4.34. The molecule has 0 radical (unpaired) electrons. The van der Waals surface area contributed by atoms with Gasteiger partial charge in [0.1, 0.15) is 0 Å². The maximum absolute atomic E-state index is 12.3. The molecule has 0 aromatic rings. The highest BCUT2D eigenvalue weighted by Gasteiger charge is 2.24. The number of nitrogens with one attached hydrogen (secondary N) is 1. The molecule has 38 heavy (non-hydrogen) atoms. The molecule has 0 aromatic heterocycles. The number of aliphatic hydroxyl groups excluding tert-OH is 1. The summed E-state index contributed by atoms with van der Waals surface area (Å²) < 4.78 is 32.1. The number of unbranched alkanes of at least 4 members (excludes halogenated alkanes) is 14. The molecule has 0 bridgehead atoms. The molecular weight excluding hydrogens is 498 g/mol. The van der Waals surface area contributed by atoms with Crippen LogP contribution in [0.15, 0.2) is 36.5 Å². The van der Waals surface area contributed by atoms with Crippen LogP contribution in [0.4, 0.5) is 0 Å². The Morgan fingerprint density at radius 3 is 1.66 bits per heavy atom. The second-order valence-corrected chi connectivity index (χ2v) is 11.9. The largest absolute Gasteiger partial charge is 0.387 e. The lowest BCUT2D eigenvalue weighted by molar-refractivity contribution is -0.122. The van der Waals surface area contributed by atoms with E-state index in [2.05, 4.69) is 43.5 Å². The number of carbonyl (C=O) groups excluding carboxylic acids is 1. The average Bonchev–Trinajstić information content (AvgIpc) is 2.86. The van der Waals surface area contributed by atoms with Crippen molar-refractivity contribution in [1.29, 1.82) is 0 Å². The predicted octanol–water partition coefficient (Wildman–Crippen LogP) is 7.84. The normalized spacial score (nSPS) is 14.1. The van der Waals surface area contributed by atoms with Gasteiger partial charge in [-0.2, -0.15) is 8.42 Å². The van der Waals surface area contributed by atoms with E-state index in [9.17, 15) is 22.9 Å². The molecule has 0 heterocycles. The molecule has 2 unspecified atom stereocenters. The van der Waals surface area contributed by atoms with Crippen molar-refractivity contribution in [1.82, 2.24) is 5.32 Å². The Labute approximate surface area is 234 Å². The van der Waals surface area contributed by atoms with Gasteiger partial charge >= 0.3 is 0 Å². The van der Waals surface area contributed by atoms with Gasteiger partial charge in [0.2, 0.25) is 5.91 Å². The molecule has 0 fully saturated rings. The minimum atomic E-state index is -4.34. The molecule has 2 atom stereocenters. The molecule has 0 rings (SSSR count). The molecule has 222 valence electrons. The molecule has 0 aliphatic carbocycles. The van der Waals surface area contributed by atoms with Crippen LogP contribution in [-0.4, -0.2) is 41.9 Å². The Morgan fingerprint density at radius 2 is 1.13 bits per heavy atom. The third-order valence-electron chi connectivity index (χ3n) is 6.55. The van der Waals surface area contributed by atoms with Crippen LogP contribution in [-0.2, 0) is 14.9 Å². The topological polar surface area (TPSA) is 104 Å². The minimum absolute atomic E-state index is 0.285. The van der Waals surface area contributed by atoms with Crippen LogP contribution in [0.5, 0.6) is 0 Å². The molecule has 0 saturated heterocycles. The number of allylic oxidation sites excluding steroid dienone is 5. The maximum Gasteiger partial charge on any atom is 0.267 e. The summed E-state index contributed by atoms with van der Waals surface area (Å²) in [5.41, 5.74) is 0. The first-order chi connectivity index (χ1) is 18.3. The highest BCUT2D eigenvalue weighted by molar-refractivity contribution is 7.85. The third kappa shape index (κ3) is 26.2. The van der Waals surface area contributed by atoms with E-state index in [1.165, 1.54) is 70.3 Å². The van der Waals surface area contributed by atoms with Crippen LogP contribution >= 0.6 is 0 Å². The van der Waals surface area contributed by atoms with Crippen molar-refractivity contribution in [3.8, 4) is 0 Å². The first-order valence-corrected chi connectivity index (χ1v) is 16.8. The van der Waals surface area contributed by atoms with E-state index in [0.29, 0.717) is 6.42 Å². The van der Waals surface area contributed by atoms with Crippen molar-refractivity contribution in [3.63, 3.8) is 0 Å². The quantitative estimate of drug-likeness (QED) is 0.0573. The molecule has 1 amide bonds. The molecule has 0 spiro atoms. The smallest absolute Gasteiger partial charge is 0.267 e. The number of carbonyl (C=O) groups is 1. The Kier molecular flexibility index (Phi) is 24.8. The summed E-state index contributed by atoms with van der Waals surface area (Å²) in [6.45, 7) is 4.43. The number of aliphatic hydroxyl groups is 1. The molecule has 6 nitrogen and oxygen atoms in total. The lowest BCUT2D eigenvalue weighted by Gasteiger charge is -2.21. The van der Waals surface area contributed by atoms with Crippen LogP contribution in [0.3, 0.4) is 0 Å². The second kappa shape index (κ2) is 25.8. The summed E-state index contributed by atoms with van der Waals surface area (Å²) in [4.78, 5) is 12.3. The summed E-state index contributed by atoms with van der Waals surface area (Å²) in [5.74, 6) is -1.01. The fourth-order valence-electron chi connectivity index (χ4n) is 4.24. The maximum atomic E-state index is 12.3. The van der Waals surface area contributed by atoms with Gasteiger partial charge in [0, 0.05) is 6.42 Å². The summed E-state index contributed by atoms with van der Waals surface area (Å²) in [5, 5.41) is 13.0. The van der Waals surface area contributed by atoms with Crippen LogP contribution in [0.1, 0.15) is 136 Å². The van der Waals surface area contributed by atoms with Gasteiger partial charge in [0.15, 0.2) is 0 Å². The molecule has 0 aliphatic heterocycles. The third-order valence-corrected chi connectivity index (χ3v) is 7.33. The van der Waals surface area contributed by atoms with Gasteiger partial charge in [-0.05, 0) is 44.9 Å². The van der Waals surface area contributed by atoms with Gasteiger partial charge in [-0.25, -0.2) is 0 Å². The standard InChI is InChI=1S/C31H57NO5S/c1-3-5-7-9-11-13-14-15-16-17-19-20-22-24-26-30(33)29(28-38(35,36)37)32-31(34)27-25-23-21-18-12-10-8-6-4-2/h13-14,17,19,24,26,29-30,33H,3-12,15-16,18,20-23,25,27-28H2,1-2H3,(H,32,34)(H,35,36,37)/b14-13+,19-17+,26-24+. The lowest BCUT2D eigenvalue weighted by Crippen LogP contribution is -2.46. The van der Waals surface area contributed by atoms with Gasteiger partial charge in [-0.1, -0.05) is 121 Å². The van der Waals surface area contributed by atoms with Crippen LogP contribution in [0, 0.1) is 0 Å². The zero-order valence-electron chi connectivity index (χ0n) is 24.3. The van der Waals surface area contributed by atoms with E-state index in [4.69, 9.17) is 0 Å². The van der Waals surface area contributed by atoms with Crippen molar-refractivity contribution < 1.29 is 22.9 Å². The summed E-state index contributed by atoms with van der Waals surface area (Å²) in [6.07, 6.45) is 31.3. The van der Waals surface area contributed by atoms with Gasteiger partial charge < -0.3 is 10.4 Å². The Morgan fingerprint density at radius 1 is 0.684 bits per heavy atom. The van der Waals surface area contributed by atoms with E-state index in [0.717, 1.165) is 44.9 Å². The molecule has 0 saturated carbocycles. The van der Waals surface area contributed by atoms with Crippen molar-refractivity contribution in [2.45, 2.75) is 148 Å². The highest BCUT2D eigenvalue weighted by Crippen LogP contribution is 2.11. The fraction of sp³-hybridized carbons (Fsp3) is 0.774. The SMILES string of the molecule is CCCCCC/C=C/CC/C=C/CC/C=C/C(O)C(CS(=O)(=O)O)NC(=O)CCCCCCCCCCC. The molecule has 0 aromatic carbocycles. The van der Waals surface area contributed by atoms with Crippen molar-refractivity contribution in [2.24, 2.45) is 0 Å². The van der Waals surface area contributed by atoms with E-state index < -0.39 is 28.0 Å². The van der Waals surface area contributed by atoms with E-state index in [1.54, 1.807) is 6.08 Å². The molecule has 7 heteroatoms. The molecule has 0 aliphatic rings. The van der Waals surface area contributed by atoms with Gasteiger partial charge in [0.05, 0.1) is 17.9 Å². The van der Waals surface area contributed by atoms with Crippen molar-refractivity contribution in [2.75, 3.05) is 5.75 Å². The molecular formula is C31H57NO5S. The van der Waals surface area contributed by atoms with Gasteiger partial charge in [-0.3, -0.25) is 9.35 Å². The monoisotopic (exact) mass is 555 g/mol. The average molecular weight is 556 g/mol. The zero-order valence-corrected chi connectivity index (χ0v) is 25.1. The number of hydrogen-bond acceptors (Lipinski definition) is 4. The first kappa shape index (κ1) is 36.6. The predicted molar refractivity (Wildman–Crippen MR) is 161 cm³/mol. The van der Waals surface area contributed by atoms with E-state index >= 15 is 0 Å². The van der Waals surface area contributed by atoms with Gasteiger partial charge in [-0.15, -0.1) is 0 Å². The minimum Gasteiger partial charge on any atom is -0.387 e.